The lowest BCUT2D eigenvalue weighted by molar-refractivity contribution is 0.0714. The Balaban J connectivity index is 1.66. The molecule has 3 N–H and O–H groups in total. The molecule has 5 nitrogen and oxygen atoms in total. The second kappa shape index (κ2) is 8.25. The van der Waals surface area contributed by atoms with Crippen LogP contribution in [-0.4, -0.2) is 23.7 Å². The zero-order chi connectivity index (χ0) is 22.2. The van der Waals surface area contributed by atoms with Crippen molar-refractivity contribution in [2.45, 2.75) is 32.3 Å². The number of carbonyl (C=O) groups excluding carboxylic acids is 1. The third kappa shape index (κ3) is 4.68. The number of hydrogen-bond acceptors (Lipinski definition) is 4. The number of hydrogen-bond donors (Lipinski definition) is 3. The van der Waals surface area contributed by atoms with Crippen LogP contribution in [0.15, 0.2) is 54.6 Å². The maximum absolute atomic E-state index is 12.9. The molecule has 0 fully saturated rings. The van der Waals surface area contributed by atoms with Crippen LogP contribution in [0.2, 0.25) is 5.02 Å². The van der Waals surface area contributed by atoms with Gasteiger partial charge >= 0.3 is 0 Å². The van der Waals surface area contributed by atoms with Crippen LogP contribution in [0.5, 0.6) is 5.75 Å². The summed E-state index contributed by atoms with van der Waals surface area (Å²) in [6.07, 6.45) is 1.36. The van der Waals surface area contributed by atoms with E-state index in [9.17, 15) is 9.90 Å². The molecule has 3 aromatic rings. The lowest BCUT2D eigenvalue weighted by atomic mass is 9.98. The number of ether oxygens (including phenoxy) is 1. The molecule has 1 heterocycles. The van der Waals surface area contributed by atoms with E-state index in [1.54, 1.807) is 27.0 Å². The van der Waals surface area contributed by atoms with Gasteiger partial charge in [0.1, 0.15) is 5.75 Å². The van der Waals surface area contributed by atoms with Crippen molar-refractivity contribution in [3.63, 3.8) is 0 Å². The topological polar surface area (TPSA) is 70.6 Å². The fourth-order valence-corrected chi connectivity index (χ4v) is 3.80. The summed E-state index contributed by atoms with van der Waals surface area (Å²) in [5.41, 5.74) is 5.06. The molecule has 6 heteroatoms. The molecule has 0 radical (unpaired) electrons. The van der Waals surface area contributed by atoms with Crippen LogP contribution in [0.1, 0.15) is 36.2 Å². The van der Waals surface area contributed by atoms with Crippen molar-refractivity contribution in [2.75, 3.05) is 17.7 Å². The molecule has 0 aromatic heterocycles. The summed E-state index contributed by atoms with van der Waals surface area (Å²) < 4.78 is 5.33. The van der Waals surface area contributed by atoms with Crippen molar-refractivity contribution in [2.24, 2.45) is 0 Å². The van der Waals surface area contributed by atoms with E-state index in [1.165, 1.54) is 0 Å². The number of aliphatic hydroxyl groups is 1. The predicted molar refractivity (Wildman–Crippen MR) is 126 cm³/mol. The standard InChI is InChI=1S/C25H25ClN2O3/c1-25(2,30)11-10-15-4-9-20-22(12-15)28-24(29)18-7-5-16(13-21(18)27-20)17-6-8-19(26)23(14-17)31-3/h4-9,12-14,27,30H,10-11H2,1-3H3,(H,28,29). The quantitative estimate of drug-likeness (QED) is 0.456. The van der Waals surface area contributed by atoms with E-state index in [-0.39, 0.29) is 5.91 Å². The average molecular weight is 437 g/mol. The molecule has 31 heavy (non-hydrogen) atoms. The molecule has 1 aliphatic heterocycles. The normalized spacial score (nSPS) is 12.9. The smallest absolute Gasteiger partial charge is 0.257 e. The summed E-state index contributed by atoms with van der Waals surface area (Å²) in [6.45, 7) is 3.59. The Labute approximate surface area is 187 Å². The van der Waals surface area contributed by atoms with Crippen LogP contribution >= 0.6 is 11.6 Å². The highest BCUT2D eigenvalue weighted by atomic mass is 35.5. The first-order valence-electron chi connectivity index (χ1n) is 10.2. The number of halogens is 1. The van der Waals surface area contributed by atoms with Crippen molar-refractivity contribution < 1.29 is 14.6 Å². The number of nitrogens with one attached hydrogen (secondary N) is 2. The number of carbonyl (C=O) groups is 1. The third-order valence-electron chi connectivity index (χ3n) is 5.38. The minimum atomic E-state index is -0.731. The van der Waals surface area contributed by atoms with Gasteiger partial charge in [-0.25, -0.2) is 0 Å². The van der Waals surface area contributed by atoms with Crippen molar-refractivity contribution in [3.8, 4) is 16.9 Å². The van der Waals surface area contributed by atoms with E-state index in [0.29, 0.717) is 22.8 Å². The van der Waals surface area contributed by atoms with Gasteiger partial charge in [0.2, 0.25) is 0 Å². The molecule has 1 aliphatic rings. The summed E-state index contributed by atoms with van der Waals surface area (Å²) in [5, 5.41) is 16.9. The van der Waals surface area contributed by atoms with E-state index in [2.05, 4.69) is 10.6 Å². The van der Waals surface area contributed by atoms with Gasteiger partial charge in [-0.15, -0.1) is 0 Å². The second-order valence-corrected chi connectivity index (χ2v) is 8.79. The summed E-state index contributed by atoms with van der Waals surface area (Å²) in [6, 6.07) is 17.2. The minimum absolute atomic E-state index is 0.166. The van der Waals surface area contributed by atoms with Crippen LogP contribution in [0.25, 0.3) is 11.1 Å². The number of benzene rings is 3. The predicted octanol–water partition coefficient (Wildman–Crippen LogP) is 6.03. The third-order valence-corrected chi connectivity index (χ3v) is 5.69. The molecule has 0 aliphatic carbocycles. The molecular formula is C25H25ClN2O3. The molecule has 0 atom stereocenters. The van der Waals surface area contributed by atoms with Crippen LogP contribution < -0.4 is 15.4 Å². The van der Waals surface area contributed by atoms with Gasteiger partial charge in [-0.05, 0) is 79.8 Å². The van der Waals surface area contributed by atoms with Gasteiger partial charge in [0.05, 0.1) is 40.4 Å². The highest BCUT2D eigenvalue weighted by Crippen LogP contribution is 2.37. The van der Waals surface area contributed by atoms with Gasteiger partial charge < -0.3 is 20.5 Å². The Bertz CT molecular complexity index is 1150. The lowest BCUT2D eigenvalue weighted by Crippen LogP contribution is -2.19. The average Bonchev–Trinajstić information content (AvgIpc) is 2.87. The summed E-state index contributed by atoms with van der Waals surface area (Å²) in [5.74, 6) is 0.435. The largest absolute Gasteiger partial charge is 0.495 e. The first-order valence-corrected chi connectivity index (χ1v) is 10.5. The molecule has 0 spiro atoms. The maximum atomic E-state index is 12.9. The lowest BCUT2D eigenvalue weighted by Gasteiger charge is -2.17. The van der Waals surface area contributed by atoms with Crippen molar-refractivity contribution in [1.29, 1.82) is 0 Å². The zero-order valence-electron chi connectivity index (χ0n) is 17.8. The Morgan fingerprint density at radius 2 is 1.68 bits per heavy atom. The highest BCUT2D eigenvalue weighted by Gasteiger charge is 2.20. The molecular weight excluding hydrogens is 412 g/mol. The van der Waals surface area contributed by atoms with Gasteiger partial charge in [0.15, 0.2) is 0 Å². The Morgan fingerprint density at radius 1 is 0.935 bits per heavy atom. The molecule has 0 unspecified atom stereocenters. The number of rotatable bonds is 5. The van der Waals surface area contributed by atoms with Crippen LogP contribution in [0.3, 0.4) is 0 Å². The first kappa shape index (κ1) is 21.2. The summed E-state index contributed by atoms with van der Waals surface area (Å²) >= 11 is 6.15. The van der Waals surface area contributed by atoms with Gasteiger partial charge in [0, 0.05) is 0 Å². The number of anilines is 3. The fourth-order valence-electron chi connectivity index (χ4n) is 3.61. The van der Waals surface area contributed by atoms with Crippen LogP contribution in [0.4, 0.5) is 17.1 Å². The van der Waals surface area contributed by atoms with Crippen molar-refractivity contribution in [1.82, 2.24) is 0 Å². The van der Waals surface area contributed by atoms with E-state index >= 15 is 0 Å². The van der Waals surface area contributed by atoms with Crippen molar-refractivity contribution in [3.05, 3.63) is 70.7 Å². The maximum Gasteiger partial charge on any atom is 0.257 e. The van der Waals surface area contributed by atoms with E-state index in [1.807, 2.05) is 48.5 Å². The molecule has 160 valence electrons. The summed E-state index contributed by atoms with van der Waals surface area (Å²) in [7, 11) is 1.58. The Hall–Kier alpha value is -3.02. The first-order chi connectivity index (χ1) is 14.7. The zero-order valence-corrected chi connectivity index (χ0v) is 18.5. The highest BCUT2D eigenvalue weighted by molar-refractivity contribution is 6.32. The molecule has 0 saturated carbocycles. The number of amides is 1. The molecule has 1 amide bonds. The molecule has 0 saturated heterocycles. The van der Waals surface area contributed by atoms with E-state index < -0.39 is 5.60 Å². The van der Waals surface area contributed by atoms with E-state index in [0.717, 1.165) is 40.2 Å². The van der Waals surface area contributed by atoms with Crippen LogP contribution in [0, 0.1) is 0 Å². The molecule has 0 bridgehead atoms. The van der Waals surface area contributed by atoms with Crippen molar-refractivity contribution >= 4 is 34.6 Å². The second-order valence-electron chi connectivity index (χ2n) is 8.38. The van der Waals surface area contributed by atoms with Crippen LogP contribution in [-0.2, 0) is 6.42 Å². The minimum Gasteiger partial charge on any atom is -0.495 e. The van der Waals surface area contributed by atoms with Gasteiger partial charge in [-0.2, -0.15) is 0 Å². The van der Waals surface area contributed by atoms with Gasteiger partial charge in [-0.3, -0.25) is 4.79 Å². The van der Waals surface area contributed by atoms with E-state index in [4.69, 9.17) is 16.3 Å². The Morgan fingerprint density at radius 3 is 2.42 bits per heavy atom. The number of methoxy groups -OCH3 is 1. The number of aryl methyl sites for hydroxylation is 1. The molecule has 4 rings (SSSR count). The monoisotopic (exact) mass is 436 g/mol. The fraction of sp³-hybridized carbons (Fsp3) is 0.240. The summed E-state index contributed by atoms with van der Waals surface area (Å²) in [4.78, 5) is 12.9. The number of fused-ring (bicyclic) bond motifs is 2. The molecule has 3 aromatic carbocycles. The Kier molecular flexibility index (Phi) is 5.65. The van der Waals surface area contributed by atoms with Gasteiger partial charge in [0.25, 0.3) is 5.91 Å². The van der Waals surface area contributed by atoms with Gasteiger partial charge in [-0.1, -0.05) is 29.8 Å². The SMILES string of the molecule is COc1cc(-c2ccc3c(c2)Nc2ccc(CCC(C)(C)O)cc2NC3=O)ccc1Cl.